The lowest BCUT2D eigenvalue weighted by Gasteiger charge is -2.40. The van der Waals surface area contributed by atoms with Crippen molar-refractivity contribution < 1.29 is 28.5 Å². The Morgan fingerprint density at radius 2 is 1.38 bits per heavy atom. The molecule has 5 rings (SSSR count). The highest BCUT2D eigenvalue weighted by molar-refractivity contribution is 8.02. The van der Waals surface area contributed by atoms with E-state index in [-0.39, 0.29) is 0 Å². The van der Waals surface area contributed by atoms with Crippen LogP contribution >= 0.6 is 11.8 Å². The molecule has 2 atom stereocenters. The van der Waals surface area contributed by atoms with Gasteiger partial charge in [-0.15, -0.1) is 11.8 Å². The van der Waals surface area contributed by atoms with Crippen molar-refractivity contribution in [3.8, 4) is 17.2 Å². The van der Waals surface area contributed by atoms with Crippen molar-refractivity contribution in [1.82, 2.24) is 0 Å². The predicted molar refractivity (Wildman–Crippen MR) is 128 cm³/mol. The molecule has 0 bridgehead atoms. The van der Waals surface area contributed by atoms with Crippen molar-refractivity contribution in [3.05, 3.63) is 83.9 Å². The van der Waals surface area contributed by atoms with Gasteiger partial charge in [0.05, 0.1) is 21.3 Å². The van der Waals surface area contributed by atoms with Crippen molar-refractivity contribution in [3.63, 3.8) is 0 Å². The molecule has 174 valence electrons. The standard InChI is InChI=1S/C26H23NO6S/c1-30-17-14-12-16(13-15-17)27-22(24(28)31-2)26(34-23(27)25(29)32-3)18-8-4-6-10-20(18)33-21-11-7-5-9-19(21)26/h4-15,22-23H,1-3H3/t22-,23+/m0/s1. The highest BCUT2D eigenvalue weighted by Crippen LogP contribution is 2.63. The first-order chi connectivity index (χ1) is 16.5. The van der Waals surface area contributed by atoms with Gasteiger partial charge in [0.1, 0.15) is 22.0 Å². The Morgan fingerprint density at radius 3 is 1.91 bits per heavy atom. The van der Waals surface area contributed by atoms with Crippen molar-refractivity contribution in [1.29, 1.82) is 0 Å². The van der Waals surface area contributed by atoms with Crippen LogP contribution in [0.5, 0.6) is 17.2 Å². The van der Waals surface area contributed by atoms with E-state index < -0.39 is 28.1 Å². The highest BCUT2D eigenvalue weighted by atomic mass is 32.2. The summed E-state index contributed by atoms with van der Waals surface area (Å²) in [4.78, 5) is 28.5. The fraction of sp³-hybridized carbons (Fsp3) is 0.231. The lowest BCUT2D eigenvalue weighted by atomic mass is 9.80. The Labute approximate surface area is 201 Å². The molecule has 8 heteroatoms. The van der Waals surface area contributed by atoms with Crippen LogP contribution in [0.2, 0.25) is 0 Å². The van der Waals surface area contributed by atoms with E-state index in [0.717, 1.165) is 11.1 Å². The summed E-state index contributed by atoms with van der Waals surface area (Å²) in [6.45, 7) is 0. The van der Waals surface area contributed by atoms with E-state index in [2.05, 4.69) is 0 Å². The minimum Gasteiger partial charge on any atom is -0.497 e. The van der Waals surface area contributed by atoms with Gasteiger partial charge in [-0.05, 0) is 36.4 Å². The van der Waals surface area contributed by atoms with Gasteiger partial charge in [0.25, 0.3) is 0 Å². The van der Waals surface area contributed by atoms with E-state index in [9.17, 15) is 9.59 Å². The number of anilines is 1. The van der Waals surface area contributed by atoms with Gasteiger partial charge >= 0.3 is 11.9 Å². The summed E-state index contributed by atoms with van der Waals surface area (Å²) >= 11 is 1.36. The Bertz CT molecular complexity index is 1200. The van der Waals surface area contributed by atoms with Crippen LogP contribution in [-0.2, 0) is 23.8 Å². The maximum absolute atomic E-state index is 13.6. The summed E-state index contributed by atoms with van der Waals surface area (Å²) in [5.41, 5.74) is 2.25. The molecule has 0 amide bonds. The molecule has 2 aliphatic heterocycles. The van der Waals surface area contributed by atoms with E-state index in [1.807, 2.05) is 60.7 Å². The van der Waals surface area contributed by atoms with Crippen LogP contribution in [0.25, 0.3) is 0 Å². The molecule has 0 N–H and O–H groups in total. The summed E-state index contributed by atoms with van der Waals surface area (Å²) in [7, 11) is 4.29. The largest absolute Gasteiger partial charge is 0.497 e. The molecule has 0 saturated carbocycles. The number of carbonyl (C=O) groups excluding carboxylic acids is 2. The molecule has 2 heterocycles. The van der Waals surface area contributed by atoms with Crippen molar-refractivity contribution in [2.45, 2.75) is 16.2 Å². The molecule has 1 fully saturated rings. The number of ether oxygens (including phenoxy) is 4. The second-order valence-corrected chi connectivity index (χ2v) is 9.18. The quantitative estimate of drug-likeness (QED) is 0.514. The average Bonchev–Trinajstić information content (AvgIpc) is 3.24. The number of thioether (sulfide) groups is 1. The van der Waals surface area contributed by atoms with Crippen LogP contribution in [-0.4, -0.2) is 44.7 Å². The smallest absolute Gasteiger partial charge is 0.339 e. The fourth-order valence-corrected chi connectivity index (χ4v) is 6.56. The molecule has 3 aromatic rings. The lowest BCUT2D eigenvalue weighted by Crippen LogP contribution is -2.52. The van der Waals surface area contributed by atoms with Crippen LogP contribution in [0.4, 0.5) is 5.69 Å². The van der Waals surface area contributed by atoms with Gasteiger partial charge in [-0.2, -0.15) is 0 Å². The molecule has 0 aliphatic carbocycles. The first-order valence-electron chi connectivity index (χ1n) is 10.7. The van der Waals surface area contributed by atoms with E-state index in [0.29, 0.717) is 22.9 Å². The first-order valence-corrected chi connectivity index (χ1v) is 11.6. The van der Waals surface area contributed by atoms with Crippen LogP contribution in [0.1, 0.15) is 11.1 Å². The minimum absolute atomic E-state index is 0.465. The number of hydrogen-bond donors (Lipinski definition) is 0. The molecule has 1 saturated heterocycles. The molecule has 0 radical (unpaired) electrons. The van der Waals surface area contributed by atoms with E-state index in [4.69, 9.17) is 18.9 Å². The zero-order valence-corrected chi connectivity index (χ0v) is 19.7. The predicted octanol–water partition coefficient (Wildman–Crippen LogP) is 4.34. The maximum Gasteiger partial charge on any atom is 0.339 e. The topological polar surface area (TPSA) is 74.3 Å². The number of rotatable bonds is 4. The van der Waals surface area contributed by atoms with Crippen LogP contribution in [0.3, 0.4) is 0 Å². The third kappa shape index (κ3) is 3.20. The Kier molecular flexibility index (Phi) is 5.61. The minimum atomic E-state index is -0.989. The summed E-state index contributed by atoms with van der Waals surface area (Å²) in [5.74, 6) is 0.983. The number of esters is 2. The van der Waals surface area contributed by atoms with Gasteiger partial charge in [-0.25, -0.2) is 9.59 Å². The van der Waals surface area contributed by atoms with Gasteiger partial charge in [-0.1, -0.05) is 36.4 Å². The van der Waals surface area contributed by atoms with Crippen molar-refractivity contribution >= 4 is 29.4 Å². The lowest BCUT2D eigenvalue weighted by molar-refractivity contribution is -0.143. The number of benzene rings is 3. The molecule has 2 aliphatic rings. The third-order valence-electron chi connectivity index (χ3n) is 6.21. The van der Waals surface area contributed by atoms with Gasteiger partial charge < -0.3 is 23.8 Å². The van der Waals surface area contributed by atoms with Crippen molar-refractivity contribution in [2.75, 3.05) is 26.2 Å². The molecule has 0 unspecified atom stereocenters. The molecule has 1 spiro atoms. The van der Waals surface area contributed by atoms with Gasteiger partial charge in [-0.3, -0.25) is 0 Å². The number of carbonyl (C=O) groups is 2. The summed E-state index contributed by atoms with van der Waals surface area (Å²) in [6.07, 6.45) is 0. The summed E-state index contributed by atoms with van der Waals surface area (Å²) in [5, 5.41) is -0.818. The summed E-state index contributed by atoms with van der Waals surface area (Å²) < 4.78 is 21.0. The highest BCUT2D eigenvalue weighted by Gasteiger charge is 2.63. The monoisotopic (exact) mass is 477 g/mol. The molecular weight excluding hydrogens is 454 g/mol. The number of hydrogen-bond acceptors (Lipinski definition) is 8. The van der Waals surface area contributed by atoms with Gasteiger partial charge in [0, 0.05) is 16.8 Å². The number of fused-ring (bicyclic) bond motifs is 4. The number of para-hydroxylation sites is 2. The second kappa shape index (κ2) is 8.61. The number of nitrogens with zero attached hydrogens (tertiary/aromatic N) is 1. The Balaban J connectivity index is 1.81. The van der Waals surface area contributed by atoms with Crippen LogP contribution in [0, 0.1) is 0 Å². The molecule has 7 nitrogen and oxygen atoms in total. The van der Waals surface area contributed by atoms with Gasteiger partial charge in [0.15, 0.2) is 11.4 Å². The molecule has 3 aromatic carbocycles. The maximum atomic E-state index is 13.6. The number of methoxy groups -OCH3 is 3. The summed E-state index contributed by atoms with van der Waals surface area (Å²) in [6, 6.07) is 21.5. The van der Waals surface area contributed by atoms with E-state index in [1.54, 1.807) is 24.1 Å². The zero-order chi connectivity index (χ0) is 23.9. The molecule has 34 heavy (non-hydrogen) atoms. The SMILES string of the molecule is COC(=O)[C@H]1SC2(c3ccccc3Oc3ccccc32)[C@H](C(=O)OC)N1c1ccc(OC)cc1. The van der Waals surface area contributed by atoms with Crippen LogP contribution in [0.15, 0.2) is 72.8 Å². The fourth-order valence-electron chi connectivity index (χ4n) is 4.73. The third-order valence-corrected chi connectivity index (χ3v) is 7.88. The van der Waals surface area contributed by atoms with E-state index in [1.165, 1.54) is 26.0 Å². The first kappa shape index (κ1) is 22.2. The Hall–Kier alpha value is -3.65. The zero-order valence-electron chi connectivity index (χ0n) is 18.9. The Morgan fingerprint density at radius 1 is 0.824 bits per heavy atom. The normalized spacial score (nSPS) is 19.6. The van der Waals surface area contributed by atoms with Crippen LogP contribution < -0.4 is 14.4 Å². The second-order valence-electron chi connectivity index (χ2n) is 7.85. The van der Waals surface area contributed by atoms with Crippen molar-refractivity contribution in [2.24, 2.45) is 0 Å². The van der Waals surface area contributed by atoms with E-state index >= 15 is 0 Å². The average molecular weight is 478 g/mol. The molecular formula is C26H23NO6S. The van der Waals surface area contributed by atoms with Gasteiger partial charge in [0.2, 0.25) is 0 Å². The molecule has 0 aromatic heterocycles.